The molecule has 2 aromatic heterocycles. The summed E-state index contributed by atoms with van der Waals surface area (Å²) < 4.78 is 11.0. The maximum absolute atomic E-state index is 12.2. The number of ether oxygens (including phenoxy) is 1. The third-order valence-corrected chi connectivity index (χ3v) is 4.93. The number of halogens is 1. The van der Waals surface area contributed by atoms with Crippen molar-refractivity contribution >= 4 is 28.8 Å². The van der Waals surface area contributed by atoms with E-state index in [1.165, 1.54) is 11.3 Å². The fraction of sp³-hybridized carbons (Fsp3) is 0.222. The molecule has 3 aromatic rings. The van der Waals surface area contributed by atoms with Gasteiger partial charge in [0.05, 0.1) is 18.5 Å². The van der Waals surface area contributed by atoms with Gasteiger partial charge in [-0.25, -0.2) is 4.98 Å². The van der Waals surface area contributed by atoms with Crippen LogP contribution in [0.4, 0.5) is 0 Å². The summed E-state index contributed by atoms with van der Waals surface area (Å²) in [6, 6.07) is 10.7. The van der Waals surface area contributed by atoms with E-state index in [1.54, 1.807) is 37.5 Å². The Balaban J connectivity index is 1.58. The first-order valence-corrected chi connectivity index (χ1v) is 8.92. The predicted octanol–water partition coefficient (Wildman–Crippen LogP) is 4.45. The molecular formula is C18H17ClN2O3S. The number of hydrogen-bond acceptors (Lipinski definition) is 5. The summed E-state index contributed by atoms with van der Waals surface area (Å²) >= 11 is 7.42. The van der Waals surface area contributed by atoms with E-state index in [2.05, 4.69) is 10.3 Å². The molecule has 0 aliphatic carbocycles. The van der Waals surface area contributed by atoms with Gasteiger partial charge in [0, 0.05) is 9.90 Å². The molecular weight excluding hydrogens is 360 g/mol. The van der Waals surface area contributed by atoms with E-state index in [-0.39, 0.29) is 5.91 Å². The number of carbonyl (C=O) groups excluding carboxylic acids is 1. The van der Waals surface area contributed by atoms with Crippen molar-refractivity contribution in [3.05, 3.63) is 58.3 Å². The van der Waals surface area contributed by atoms with Crippen molar-refractivity contribution in [1.29, 1.82) is 0 Å². The van der Waals surface area contributed by atoms with E-state index in [1.807, 2.05) is 19.1 Å². The van der Waals surface area contributed by atoms with Crippen LogP contribution < -0.4 is 10.1 Å². The Labute approximate surface area is 154 Å². The van der Waals surface area contributed by atoms with Gasteiger partial charge in [-0.1, -0.05) is 17.7 Å². The first-order valence-electron chi connectivity index (χ1n) is 7.73. The number of aryl methyl sites for hydroxylation is 1. The van der Waals surface area contributed by atoms with Crippen LogP contribution in [0.2, 0.25) is 5.02 Å². The van der Waals surface area contributed by atoms with Gasteiger partial charge in [-0.15, -0.1) is 11.3 Å². The Bertz CT molecular complexity index is 861. The molecule has 1 unspecified atom stereocenters. The number of carbonyl (C=O) groups is 1. The molecule has 0 spiro atoms. The quantitative estimate of drug-likeness (QED) is 0.690. The molecule has 0 aliphatic rings. The highest BCUT2D eigenvalue weighted by molar-refractivity contribution is 7.15. The van der Waals surface area contributed by atoms with E-state index in [0.29, 0.717) is 17.3 Å². The lowest BCUT2D eigenvalue weighted by Gasteiger charge is -2.14. The third-order valence-electron chi connectivity index (χ3n) is 3.53. The van der Waals surface area contributed by atoms with Crippen LogP contribution >= 0.6 is 22.9 Å². The van der Waals surface area contributed by atoms with Crippen LogP contribution in [0.5, 0.6) is 5.75 Å². The van der Waals surface area contributed by atoms with E-state index in [9.17, 15) is 4.79 Å². The van der Waals surface area contributed by atoms with Crippen LogP contribution in [0.1, 0.15) is 17.5 Å². The molecule has 1 amide bonds. The fourth-order valence-electron chi connectivity index (χ4n) is 2.21. The summed E-state index contributed by atoms with van der Waals surface area (Å²) in [5, 5.41) is 4.24. The molecule has 0 saturated carbocycles. The summed E-state index contributed by atoms with van der Waals surface area (Å²) in [6.07, 6.45) is 0.985. The number of hydrogen-bond donors (Lipinski definition) is 1. The van der Waals surface area contributed by atoms with Gasteiger partial charge >= 0.3 is 0 Å². The molecule has 3 rings (SSSR count). The molecule has 25 heavy (non-hydrogen) atoms. The van der Waals surface area contributed by atoms with E-state index >= 15 is 0 Å². The van der Waals surface area contributed by atoms with E-state index in [0.717, 1.165) is 21.3 Å². The molecule has 7 heteroatoms. The van der Waals surface area contributed by atoms with Gasteiger partial charge in [0.25, 0.3) is 5.91 Å². The smallest absolute Gasteiger partial charge is 0.261 e. The molecule has 0 fully saturated rings. The van der Waals surface area contributed by atoms with Gasteiger partial charge in [-0.05, 0) is 44.2 Å². The zero-order valence-electron chi connectivity index (χ0n) is 13.8. The number of thiazole rings is 1. The monoisotopic (exact) mass is 376 g/mol. The van der Waals surface area contributed by atoms with Gasteiger partial charge in [0.2, 0.25) is 0 Å². The number of furan rings is 1. The van der Waals surface area contributed by atoms with Gasteiger partial charge in [0.1, 0.15) is 5.75 Å². The lowest BCUT2D eigenvalue weighted by molar-refractivity contribution is -0.127. The molecule has 2 heterocycles. The average Bonchev–Trinajstić information content (AvgIpc) is 3.22. The minimum atomic E-state index is -0.628. The summed E-state index contributed by atoms with van der Waals surface area (Å²) in [7, 11) is 0. The number of rotatable bonds is 6. The van der Waals surface area contributed by atoms with Crippen molar-refractivity contribution in [3.63, 3.8) is 0 Å². The van der Waals surface area contributed by atoms with Crippen LogP contribution in [0.15, 0.2) is 47.1 Å². The lowest BCUT2D eigenvalue weighted by atomic mass is 10.3. The largest absolute Gasteiger partial charge is 0.481 e. The number of amides is 1. The Kier molecular flexibility index (Phi) is 5.40. The lowest BCUT2D eigenvalue weighted by Crippen LogP contribution is -2.35. The van der Waals surface area contributed by atoms with E-state index < -0.39 is 6.10 Å². The molecule has 0 saturated heterocycles. The van der Waals surface area contributed by atoms with Gasteiger partial charge in [-0.2, -0.15) is 0 Å². The van der Waals surface area contributed by atoms with Gasteiger partial charge in [-0.3, -0.25) is 4.79 Å². The van der Waals surface area contributed by atoms with Crippen LogP contribution in [0.25, 0.3) is 10.8 Å². The fourth-order valence-corrected chi connectivity index (χ4v) is 3.36. The minimum absolute atomic E-state index is 0.202. The van der Waals surface area contributed by atoms with Crippen molar-refractivity contribution < 1.29 is 13.9 Å². The highest BCUT2D eigenvalue weighted by Crippen LogP contribution is 2.28. The minimum Gasteiger partial charge on any atom is -0.481 e. The number of benzene rings is 1. The Morgan fingerprint density at radius 3 is 2.96 bits per heavy atom. The number of nitrogens with zero attached hydrogens (tertiary/aromatic N) is 1. The molecule has 0 bridgehead atoms. The second-order valence-corrected chi connectivity index (χ2v) is 6.96. The molecule has 5 nitrogen and oxygen atoms in total. The predicted molar refractivity (Wildman–Crippen MR) is 97.9 cm³/mol. The number of aromatic nitrogens is 1. The van der Waals surface area contributed by atoms with Crippen molar-refractivity contribution in [3.8, 4) is 16.5 Å². The van der Waals surface area contributed by atoms with Gasteiger partial charge in [0.15, 0.2) is 16.9 Å². The normalized spacial score (nSPS) is 12.0. The Morgan fingerprint density at radius 2 is 2.24 bits per heavy atom. The average molecular weight is 377 g/mol. The molecule has 1 atom stereocenters. The molecule has 0 radical (unpaired) electrons. The second-order valence-electron chi connectivity index (χ2n) is 5.44. The van der Waals surface area contributed by atoms with E-state index in [4.69, 9.17) is 20.8 Å². The van der Waals surface area contributed by atoms with Crippen molar-refractivity contribution in [2.75, 3.05) is 0 Å². The first-order chi connectivity index (χ1) is 12.0. The second kappa shape index (κ2) is 7.72. The molecule has 1 aromatic carbocycles. The maximum Gasteiger partial charge on any atom is 0.261 e. The van der Waals surface area contributed by atoms with Crippen molar-refractivity contribution in [2.45, 2.75) is 26.5 Å². The topological polar surface area (TPSA) is 64.4 Å². The summed E-state index contributed by atoms with van der Waals surface area (Å²) in [4.78, 5) is 17.7. The van der Waals surface area contributed by atoms with Crippen molar-refractivity contribution in [1.82, 2.24) is 10.3 Å². The Hall–Kier alpha value is -2.31. The maximum atomic E-state index is 12.2. The molecule has 1 N–H and O–H groups in total. The summed E-state index contributed by atoms with van der Waals surface area (Å²) in [5.41, 5.74) is 0.875. The SMILES string of the molecule is Cc1nc(-c2ccco2)sc1CNC(=O)C(C)Oc1cccc(Cl)c1. The highest BCUT2D eigenvalue weighted by Gasteiger charge is 2.17. The van der Waals surface area contributed by atoms with Crippen molar-refractivity contribution in [2.24, 2.45) is 0 Å². The summed E-state index contributed by atoms with van der Waals surface area (Å²) in [6.45, 7) is 4.01. The zero-order valence-corrected chi connectivity index (χ0v) is 15.4. The Morgan fingerprint density at radius 1 is 1.40 bits per heavy atom. The highest BCUT2D eigenvalue weighted by atomic mass is 35.5. The van der Waals surface area contributed by atoms with Gasteiger partial charge < -0.3 is 14.5 Å². The third kappa shape index (κ3) is 4.41. The van der Waals surface area contributed by atoms with Crippen LogP contribution in [-0.4, -0.2) is 17.0 Å². The number of nitrogens with one attached hydrogen (secondary N) is 1. The van der Waals surface area contributed by atoms with Crippen LogP contribution in [0, 0.1) is 6.92 Å². The zero-order chi connectivity index (χ0) is 17.8. The van der Waals surface area contributed by atoms with Crippen LogP contribution in [0.3, 0.4) is 0 Å². The molecule has 130 valence electrons. The first kappa shape index (κ1) is 17.5. The standard InChI is InChI=1S/C18H17ClN2O3S/c1-11-16(25-18(21-11)15-7-4-8-23-15)10-20-17(22)12(2)24-14-6-3-5-13(19)9-14/h3-9,12H,10H2,1-2H3,(H,20,22). The molecule has 0 aliphatic heterocycles. The summed E-state index contributed by atoms with van der Waals surface area (Å²) in [5.74, 6) is 1.08. The van der Waals surface area contributed by atoms with Crippen LogP contribution in [-0.2, 0) is 11.3 Å².